The molecular formula is C33H63N2O7P. The number of nitrogens with one attached hydrogen (secondary N) is 1. The Morgan fingerprint density at radius 1 is 0.791 bits per heavy atom. The van der Waals surface area contributed by atoms with Crippen LogP contribution in [0.2, 0.25) is 0 Å². The number of amides is 1. The predicted molar refractivity (Wildman–Crippen MR) is 177 cm³/mol. The van der Waals surface area contributed by atoms with Crippen molar-refractivity contribution in [3.63, 3.8) is 0 Å². The number of unbranched alkanes of at least 4 members (excludes halogenated alkanes) is 12. The maximum absolute atomic E-state index is 12.6. The van der Waals surface area contributed by atoms with Crippen molar-refractivity contribution in [1.29, 1.82) is 0 Å². The Labute approximate surface area is 262 Å². The summed E-state index contributed by atoms with van der Waals surface area (Å²) in [4.78, 5) is 22.5. The monoisotopic (exact) mass is 630 g/mol. The molecule has 0 aliphatic rings. The summed E-state index contributed by atoms with van der Waals surface area (Å²) in [6, 6.07) is -0.999. The highest BCUT2D eigenvalue weighted by atomic mass is 31.2. The molecule has 0 aromatic heterocycles. The van der Waals surface area contributed by atoms with E-state index in [1.807, 2.05) is 6.08 Å². The van der Waals surface area contributed by atoms with Crippen LogP contribution in [0, 0.1) is 0 Å². The lowest BCUT2D eigenvalue weighted by atomic mass is 10.0. The van der Waals surface area contributed by atoms with Gasteiger partial charge in [0.25, 0.3) is 0 Å². The Kier molecular flexibility index (Phi) is 28.5. The first-order valence-electron chi connectivity index (χ1n) is 16.7. The molecule has 0 aromatic rings. The van der Waals surface area contributed by atoms with Gasteiger partial charge >= 0.3 is 7.82 Å². The zero-order valence-electron chi connectivity index (χ0n) is 27.0. The molecule has 0 rings (SSSR count). The number of phosphoric acid groups is 1. The molecule has 0 saturated heterocycles. The third kappa shape index (κ3) is 27.9. The summed E-state index contributed by atoms with van der Waals surface area (Å²) in [7, 11) is -4.39. The smallest absolute Gasteiger partial charge is 0.393 e. The lowest BCUT2D eigenvalue weighted by Gasteiger charge is -2.24. The molecule has 9 nitrogen and oxygen atoms in total. The van der Waals surface area contributed by atoms with Gasteiger partial charge in [-0.15, -0.1) is 0 Å². The summed E-state index contributed by atoms with van der Waals surface area (Å²) in [5, 5.41) is 23.7. The molecule has 252 valence electrons. The molecule has 0 heterocycles. The average molecular weight is 631 g/mol. The molecule has 0 aliphatic carbocycles. The van der Waals surface area contributed by atoms with Crippen LogP contribution in [0.25, 0.3) is 0 Å². The zero-order chi connectivity index (χ0) is 32.0. The topological polar surface area (TPSA) is 151 Å². The van der Waals surface area contributed by atoms with Gasteiger partial charge in [-0.05, 0) is 44.9 Å². The van der Waals surface area contributed by atoms with E-state index in [4.69, 9.17) is 14.8 Å². The van der Waals surface area contributed by atoms with Gasteiger partial charge in [0.15, 0.2) is 0 Å². The van der Waals surface area contributed by atoms with Gasteiger partial charge < -0.3 is 26.2 Å². The van der Waals surface area contributed by atoms with Crippen LogP contribution < -0.4 is 11.1 Å². The number of aliphatic hydroxyl groups excluding tert-OH is 2. The number of carbonyl (C=O) groups excluding carboxylic acids is 1. The fourth-order valence-electron chi connectivity index (χ4n) is 4.44. The van der Waals surface area contributed by atoms with Gasteiger partial charge in [-0.1, -0.05) is 115 Å². The largest absolute Gasteiger partial charge is 0.472 e. The summed E-state index contributed by atoms with van der Waals surface area (Å²) in [6.45, 7) is 3.83. The minimum absolute atomic E-state index is 0.0420. The van der Waals surface area contributed by atoms with Gasteiger partial charge in [0, 0.05) is 6.54 Å². The first-order chi connectivity index (χ1) is 20.8. The molecule has 0 aliphatic heterocycles. The van der Waals surface area contributed by atoms with E-state index < -0.39 is 38.6 Å². The normalized spacial score (nSPS) is 15.8. The lowest BCUT2D eigenvalue weighted by molar-refractivity contribution is -0.124. The highest BCUT2D eigenvalue weighted by molar-refractivity contribution is 7.47. The maximum atomic E-state index is 12.6. The van der Waals surface area contributed by atoms with E-state index in [0.717, 1.165) is 44.9 Å². The number of hydrogen-bond acceptors (Lipinski definition) is 7. The average Bonchev–Trinajstić information content (AvgIpc) is 2.97. The van der Waals surface area contributed by atoms with E-state index in [-0.39, 0.29) is 19.6 Å². The van der Waals surface area contributed by atoms with Gasteiger partial charge in [0.2, 0.25) is 5.91 Å². The molecule has 6 N–H and O–H groups in total. The third-order valence-corrected chi connectivity index (χ3v) is 7.99. The molecule has 0 bridgehead atoms. The molecule has 10 heteroatoms. The summed E-state index contributed by atoms with van der Waals surface area (Å²) >= 11 is 0. The predicted octanol–water partition coefficient (Wildman–Crippen LogP) is 7.02. The van der Waals surface area contributed by atoms with Crippen molar-refractivity contribution in [3.05, 3.63) is 36.5 Å². The van der Waals surface area contributed by atoms with E-state index >= 15 is 0 Å². The standard InChI is InChI=1S/C33H63N2O7P/c1-3-5-7-9-11-12-13-14-15-16-17-19-21-23-25-32(37)31(29-42-43(39,40)41-27-26-34)35-33(38)28-30(36)24-22-20-18-10-8-6-4-2/h12-13,16-17,23,25,30-32,36-37H,3-11,14-15,18-22,24,26-29,34H2,1-2H3,(H,35,38)(H,39,40)/b13-12+,17-16+,25-23+. The third-order valence-electron chi connectivity index (χ3n) is 7.00. The first-order valence-corrected chi connectivity index (χ1v) is 18.2. The fourth-order valence-corrected chi connectivity index (χ4v) is 5.20. The first kappa shape index (κ1) is 41.7. The van der Waals surface area contributed by atoms with Gasteiger partial charge in [0.1, 0.15) is 0 Å². The quantitative estimate of drug-likeness (QED) is 0.0323. The van der Waals surface area contributed by atoms with E-state index in [2.05, 4.69) is 43.5 Å². The Hall–Kier alpha value is -1.32. The summed E-state index contributed by atoms with van der Waals surface area (Å²) in [5.41, 5.74) is 5.32. The van der Waals surface area contributed by atoms with E-state index in [1.54, 1.807) is 6.08 Å². The molecule has 0 spiro atoms. The van der Waals surface area contributed by atoms with Crippen LogP contribution in [0.15, 0.2) is 36.5 Å². The van der Waals surface area contributed by atoms with Gasteiger partial charge in [-0.2, -0.15) is 0 Å². The second kappa shape index (κ2) is 29.4. The van der Waals surface area contributed by atoms with Gasteiger partial charge in [-0.3, -0.25) is 13.8 Å². The highest BCUT2D eigenvalue weighted by Gasteiger charge is 2.27. The van der Waals surface area contributed by atoms with Crippen molar-refractivity contribution in [3.8, 4) is 0 Å². The lowest BCUT2D eigenvalue weighted by Crippen LogP contribution is -2.46. The maximum Gasteiger partial charge on any atom is 0.472 e. The van der Waals surface area contributed by atoms with Gasteiger partial charge in [-0.25, -0.2) is 4.57 Å². The van der Waals surface area contributed by atoms with Crippen LogP contribution >= 0.6 is 7.82 Å². The van der Waals surface area contributed by atoms with Crippen molar-refractivity contribution in [2.75, 3.05) is 19.8 Å². The van der Waals surface area contributed by atoms with Crippen molar-refractivity contribution in [1.82, 2.24) is 5.32 Å². The molecule has 43 heavy (non-hydrogen) atoms. The van der Waals surface area contributed by atoms with Crippen LogP contribution in [-0.2, 0) is 18.4 Å². The number of rotatable bonds is 30. The Balaban J connectivity index is 4.64. The van der Waals surface area contributed by atoms with Crippen molar-refractivity contribution < 1.29 is 33.5 Å². The molecule has 0 aromatic carbocycles. The Bertz CT molecular complexity index is 791. The van der Waals surface area contributed by atoms with Crippen molar-refractivity contribution in [2.45, 2.75) is 148 Å². The highest BCUT2D eigenvalue weighted by Crippen LogP contribution is 2.43. The number of allylic oxidation sites excluding steroid dienone is 5. The molecule has 0 fully saturated rings. The minimum atomic E-state index is -4.39. The van der Waals surface area contributed by atoms with Crippen molar-refractivity contribution >= 4 is 13.7 Å². The Morgan fingerprint density at radius 2 is 1.33 bits per heavy atom. The van der Waals surface area contributed by atoms with Crippen LogP contribution in [-0.4, -0.2) is 59.0 Å². The van der Waals surface area contributed by atoms with E-state index in [1.165, 1.54) is 51.4 Å². The van der Waals surface area contributed by atoms with Crippen LogP contribution in [0.1, 0.15) is 129 Å². The molecule has 4 unspecified atom stereocenters. The number of hydrogen-bond donors (Lipinski definition) is 5. The van der Waals surface area contributed by atoms with E-state index in [9.17, 15) is 24.5 Å². The Morgan fingerprint density at radius 3 is 1.93 bits per heavy atom. The molecule has 4 atom stereocenters. The number of aliphatic hydroxyl groups is 2. The van der Waals surface area contributed by atoms with Crippen LogP contribution in [0.3, 0.4) is 0 Å². The summed E-state index contributed by atoms with van der Waals surface area (Å²) < 4.78 is 21.8. The molecule has 0 saturated carbocycles. The van der Waals surface area contributed by atoms with Crippen LogP contribution in [0.5, 0.6) is 0 Å². The molecule has 1 amide bonds. The fraction of sp³-hybridized carbons (Fsp3) is 0.788. The second-order valence-electron chi connectivity index (χ2n) is 11.2. The summed E-state index contributed by atoms with van der Waals surface area (Å²) in [6.07, 6.45) is 28.2. The molecule has 0 radical (unpaired) electrons. The second-order valence-corrected chi connectivity index (χ2v) is 12.6. The zero-order valence-corrected chi connectivity index (χ0v) is 27.9. The molecular weight excluding hydrogens is 567 g/mol. The SMILES string of the molecule is CCCCCC/C=C/CC/C=C/CC/C=C/C(O)C(COP(=O)(O)OCCN)NC(=O)CC(O)CCCCCCCCC. The summed E-state index contributed by atoms with van der Waals surface area (Å²) in [5.74, 6) is -0.468. The van der Waals surface area contributed by atoms with Gasteiger partial charge in [0.05, 0.1) is 37.9 Å². The minimum Gasteiger partial charge on any atom is -0.393 e. The number of carbonyl (C=O) groups is 1. The van der Waals surface area contributed by atoms with E-state index in [0.29, 0.717) is 12.8 Å². The van der Waals surface area contributed by atoms with Crippen LogP contribution in [0.4, 0.5) is 0 Å². The van der Waals surface area contributed by atoms with Crippen molar-refractivity contribution in [2.24, 2.45) is 5.73 Å². The number of phosphoric ester groups is 1. The number of nitrogens with two attached hydrogens (primary N) is 1.